The Bertz CT molecular complexity index is 821. The van der Waals surface area contributed by atoms with Crippen molar-refractivity contribution in [2.45, 2.75) is 32.1 Å². The van der Waals surface area contributed by atoms with E-state index < -0.39 is 0 Å². The summed E-state index contributed by atoms with van der Waals surface area (Å²) >= 11 is 11.6. The molecule has 2 aromatic carbocycles. The molecule has 0 aliphatic carbocycles. The molecule has 0 bridgehead atoms. The first kappa shape index (κ1) is 18.0. The lowest BCUT2D eigenvalue weighted by Crippen LogP contribution is -2.50. The van der Waals surface area contributed by atoms with Gasteiger partial charge in [0.1, 0.15) is 4.99 Å². The van der Waals surface area contributed by atoms with Crippen molar-refractivity contribution in [2.75, 3.05) is 6.54 Å². The van der Waals surface area contributed by atoms with Gasteiger partial charge in [-0.05, 0) is 43.4 Å². The zero-order chi connectivity index (χ0) is 18.0. The summed E-state index contributed by atoms with van der Waals surface area (Å²) in [4.78, 5) is 3.91. The Morgan fingerprint density at radius 3 is 2.36 bits per heavy atom. The van der Waals surface area contributed by atoms with E-state index in [1.165, 1.54) is 11.1 Å². The van der Waals surface area contributed by atoms with Gasteiger partial charge in [0.15, 0.2) is 0 Å². The molecule has 0 N–H and O–H groups in total. The van der Waals surface area contributed by atoms with Crippen LogP contribution in [-0.2, 0) is 5.41 Å². The van der Waals surface area contributed by atoms with Crippen molar-refractivity contribution in [1.82, 2.24) is 4.90 Å². The molecular formula is C22H23NS2. The minimum atomic E-state index is -0.176. The SMILES string of the molecule is C=C(CCCN1C(=S)c2ccccc2C(C)(C)C1=S)c1ccccc1. The maximum absolute atomic E-state index is 5.80. The minimum absolute atomic E-state index is 0.176. The van der Waals surface area contributed by atoms with E-state index in [4.69, 9.17) is 24.4 Å². The fourth-order valence-electron chi connectivity index (χ4n) is 3.38. The highest BCUT2D eigenvalue weighted by atomic mass is 32.1. The van der Waals surface area contributed by atoms with E-state index in [9.17, 15) is 0 Å². The Morgan fingerprint density at radius 1 is 1.00 bits per heavy atom. The number of benzene rings is 2. The average molecular weight is 366 g/mol. The second kappa shape index (κ2) is 7.19. The summed E-state index contributed by atoms with van der Waals surface area (Å²) in [5.41, 5.74) is 4.56. The van der Waals surface area contributed by atoms with Crippen LogP contribution in [0.15, 0.2) is 61.2 Å². The molecule has 25 heavy (non-hydrogen) atoms. The molecule has 0 saturated heterocycles. The predicted octanol–water partition coefficient (Wildman–Crippen LogP) is 5.78. The van der Waals surface area contributed by atoms with Crippen LogP contribution in [0.4, 0.5) is 0 Å². The molecule has 0 fully saturated rings. The largest absolute Gasteiger partial charge is 0.326 e. The smallest absolute Gasteiger partial charge is 0.114 e. The van der Waals surface area contributed by atoms with E-state index >= 15 is 0 Å². The van der Waals surface area contributed by atoms with Gasteiger partial charge in [-0.25, -0.2) is 0 Å². The number of hydrogen-bond acceptors (Lipinski definition) is 2. The normalized spacial score (nSPS) is 15.8. The van der Waals surface area contributed by atoms with Crippen molar-refractivity contribution in [3.05, 3.63) is 77.9 Å². The zero-order valence-corrected chi connectivity index (χ0v) is 16.4. The second-order valence-corrected chi connectivity index (χ2v) is 7.78. The van der Waals surface area contributed by atoms with E-state index in [-0.39, 0.29) is 5.41 Å². The van der Waals surface area contributed by atoms with Gasteiger partial charge in [-0.3, -0.25) is 0 Å². The maximum Gasteiger partial charge on any atom is 0.114 e. The maximum atomic E-state index is 5.80. The van der Waals surface area contributed by atoms with Crippen molar-refractivity contribution >= 4 is 40.0 Å². The van der Waals surface area contributed by atoms with Crippen molar-refractivity contribution in [1.29, 1.82) is 0 Å². The molecule has 2 aromatic rings. The van der Waals surface area contributed by atoms with Crippen LogP contribution in [0.5, 0.6) is 0 Å². The Labute approximate surface area is 161 Å². The summed E-state index contributed by atoms with van der Waals surface area (Å²) in [6, 6.07) is 18.7. The Balaban J connectivity index is 1.72. The number of allylic oxidation sites excluding steroid dienone is 1. The molecule has 3 rings (SSSR count). The molecular weight excluding hydrogens is 342 g/mol. The summed E-state index contributed by atoms with van der Waals surface area (Å²) < 4.78 is 0. The predicted molar refractivity (Wildman–Crippen MR) is 115 cm³/mol. The highest BCUT2D eigenvalue weighted by Gasteiger charge is 2.38. The minimum Gasteiger partial charge on any atom is -0.326 e. The average Bonchev–Trinajstić information content (AvgIpc) is 2.64. The molecule has 0 unspecified atom stereocenters. The molecule has 0 spiro atoms. The first-order chi connectivity index (χ1) is 11.9. The van der Waals surface area contributed by atoms with E-state index in [0.717, 1.165) is 40.5 Å². The third-order valence-electron chi connectivity index (χ3n) is 4.90. The van der Waals surface area contributed by atoms with Crippen LogP contribution >= 0.6 is 24.4 Å². The van der Waals surface area contributed by atoms with E-state index in [2.05, 4.69) is 67.8 Å². The van der Waals surface area contributed by atoms with Gasteiger partial charge in [-0.2, -0.15) is 0 Å². The fraction of sp³-hybridized carbons (Fsp3) is 0.273. The first-order valence-corrected chi connectivity index (χ1v) is 9.43. The molecule has 1 nitrogen and oxygen atoms in total. The molecule has 0 radical (unpaired) electrons. The van der Waals surface area contributed by atoms with Gasteiger partial charge in [0.2, 0.25) is 0 Å². The molecule has 3 heteroatoms. The van der Waals surface area contributed by atoms with Crippen LogP contribution in [0, 0.1) is 0 Å². The number of thiocarbonyl (C=S) groups is 2. The Morgan fingerprint density at radius 2 is 1.64 bits per heavy atom. The molecule has 128 valence electrons. The van der Waals surface area contributed by atoms with Gasteiger partial charge in [0, 0.05) is 17.5 Å². The quantitative estimate of drug-likeness (QED) is 0.619. The summed E-state index contributed by atoms with van der Waals surface area (Å²) in [7, 11) is 0. The van der Waals surface area contributed by atoms with Gasteiger partial charge in [-0.1, -0.05) is 85.6 Å². The van der Waals surface area contributed by atoms with Crippen LogP contribution < -0.4 is 0 Å². The third-order valence-corrected chi connectivity index (χ3v) is 6.07. The summed E-state index contributed by atoms with van der Waals surface area (Å²) in [6.07, 6.45) is 1.92. The second-order valence-electron chi connectivity index (χ2n) is 7.01. The Hall–Kier alpha value is -1.84. The highest BCUT2D eigenvalue weighted by Crippen LogP contribution is 2.36. The fourth-order valence-corrected chi connectivity index (χ4v) is 4.09. The van der Waals surface area contributed by atoms with Crippen LogP contribution in [0.2, 0.25) is 0 Å². The van der Waals surface area contributed by atoms with Crippen molar-refractivity contribution in [2.24, 2.45) is 0 Å². The van der Waals surface area contributed by atoms with Crippen LogP contribution in [0.25, 0.3) is 5.57 Å². The molecule has 0 aromatic heterocycles. The summed E-state index contributed by atoms with van der Waals surface area (Å²) in [5.74, 6) is 0. The number of fused-ring (bicyclic) bond motifs is 1. The van der Waals surface area contributed by atoms with E-state index in [0.29, 0.717) is 0 Å². The van der Waals surface area contributed by atoms with Gasteiger partial charge in [-0.15, -0.1) is 0 Å². The van der Waals surface area contributed by atoms with Gasteiger partial charge < -0.3 is 4.90 Å². The standard InChI is InChI=1S/C22H23NS2/c1-16(17-11-5-4-6-12-17)10-9-15-23-20(24)18-13-7-8-14-19(18)22(2,3)21(23)25/h4-8,11-14H,1,9-10,15H2,2-3H3. The molecule has 0 atom stereocenters. The third kappa shape index (κ3) is 3.44. The van der Waals surface area contributed by atoms with Crippen LogP contribution in [-0.4, -0.2) is 21.4 Å². The zero-order valence-electron chi connectivity index (χ0n) is 14.8. The monoisotopic (exact) mass is 365 g/mol. The van der Waals surface area contributed by atoms with Gasteiger partial charge in [0.25, 0.3) is 0 Å². The van der Waals surface area contributed by atoms with Crippen molar-refractivity contribution in [3.8, 4) is 0 Å². The number of nitrogens with zero attached hydrogens (tertiary/aromatic N) is 1. The highest BCUT2D eigenvalue weighted by molar-refractivity contribution is 7.82. The van der Waals surface area contributed by atoms with Crippen LogP contribution in [0.3, 0.4) is 0 Å². The number of hydrogen-bond donors (Lipinski definition) is 0. The lowest BCUT2D eigenvalue weighted by Gasteiger charge is -2.42. The van der Waals surface area contributed by atoms with Gasteiger partial charge >= 0.3 is 0 Å². The molecule has 1 aliphatic rings. The summed E-state index contributed by atoms with van der Waals surface area (Å²) in [6.45, 7) is 9.43. The lowest BCUT2D eigenvalue weighted by atomic mass is 9.78. The first-order valence-electron chi connectivity index (χ1n) is 8.62. The molecule has 0 amide bonds. The Kier molecular flexibility index (Phi) is 5.16. The molecule has 1 aliphatic heterocycles. The molecule has 1 heterocycles. The van der Waals surface area contributed by atoms with Crippen molar-refractivity contribution < 1.29 is 0 Å². The molecule has 0 saturated carbocycles. The summed E-state index contributed by atoms with van der Waals surface area (Å²) in [5, 5.41) is 0. The number of rotatable bonds is 5. The lowest BCUT2D eigenvalue weighted by molar-refractivity contribution is 0.529. The van der Waals surface area contributed by atoms with E-state index in [1.807, 2.05) is 12.1 Å². The van der Waals surface area contributed by atoms with Crippen molar-refractivity contribution in [3.63, 3.8) is 0 Å². The topological polar surface area (TPSA) is 3.24 Å². The van der Waals surface area contributed by atoms with Gasteiger partial charge in [0.05, 0.1) is 4.99 Å². The van der Waals surface area contributed by atoms with E-state index in [1.54, 1.807) is 0 Å². The van der Waals surface area contributed by atoms with Crippen LogP contribution in [0.1, 0.15) is 43.4 Å².